The number of methoxy groups -OCH3 is 1. The van der Waals surface area contributed by atoms with Gasteiger partial charge in [-0.25, -0.2) is 9.78 Å². The lowest BCUT2D eigenvalue weighted by molar-refractivity contribution is 0.0601. The van der Waals surface area contributed by atoms with Gasteiger partial charge in [0.15, 0.2) is 5.13 Å². The van der Waals surface area contributed by atoms with Gasteiger partial charge in [-0.2, -0.15) is 0 Å². The van der Waals surface area contributed by atoms with Crippen molar-refractivity contribution in [2.45, 2.75) is 0 Å². The lowest BCUT2D eigenvalue weighted by Crippen LogP contribution is -2.01. The molecule has 0 saturated heterocycles. The van der Waals surface area contributed by atoms with Gasteiger partial charge in [0.2, 0.25) is 0 Å². The first-order valence-corrected chi connectivity index (χ1v) is 8.08. The molecule has 0 fully saturated rings. The van der Waals surface area contributed by atoms with Crippen LogP contribution in [0.5, 0.6) is 0 Å². The minimum atomic E-state index is -0.368. The highest BCUT2D eigenvalue weighted by atomic mass is 35.5. The van der Waals surface area contributed by atoms with Gasteiger partial charge in [0, 0.05) is 21.7 Å². The van der Waals surface area contributed by atoms with Crippen molar-refractivity contribution in [2.75, 3.05) is 12.4 Å². The van der Waals surface area contributed by atoms with Crippen LogP contribution in [0.4, 0.5) is 10.8 Å². The van der Waals surface area contributed by atoms with Gasteiger partial charge in [-0.05, 0) is 30.3 Å². The Morgan fingerprint density at radius 2 is 2.04 bits per heavy atom. The van der Waals surface area contributed by atoms with Crippen LogP contribution in [0.15, 0.2) is 53.9 Å². The molecule has 0 radical (unpaired) electrons. The van der Waals surface area contributed by atoms with Gasteiger partial charge in [-0.1, -0.05) is 29.8 Å². The van der Waals surface area contributed by atoms with E-state index in [1.807, 2.05) is 35.7 Å². The smallest absolute Gasteiger partial charge is 0.337 e. The first-order valence-electron chi connectivity index (χ1n) is 6.82. The highest BCUT2D eigenvalue weighted by molar-refractivity contribution is 7.14. The molecule has 3 aromatic rings. The van der Waals surface area contributed by atoms with Crippen molar-refractivity contribution in [2.24, 2.45) is 0 Å². The molecule has 23 heavy (non-hydrogen) atoms. The van der Waals surface area contributed by atoms with Crippen LogP contribution >= 0.6 is 22.9 Å². The third-order valence-corrected chi connectivity index (χ3v) is 4.15. The lowest BCUT2D eigenvalue weighted by Gasteiger charge is -2.04. The quantitative estimate of drug-likeness (QED) is 0.677. The van der Waals surface area contributed by atoms with Gasteiger partial charge in [0.05, 0.1) is 18.4 Å². The number of thiazole rings is 1. The molecule has 1 N–H and O–H groups in total. The van der Waals surface area contributed by atoms with E-state index < -0.39 is 0 Å². The topological polar surface area (TPSA) is 51.2 Å². The summed E-state index contributed by atoms with van der Waals surface area (Å²) in [6.45, 7) is 0. The Morgan fingerprint density at radius 3 is 2.83 bits per heavy atom. The van der Waals surface area contributed by atoms with Crippen molar-refractivity contribution in [3.8, 4) is 11.3 Å². The number of esters is 1. The lowest BCUT2D eigenvalue weighted by atomic mass is 10.2. The Hall–Kier alpha value is -2.37. The van der Waals surface area contributed by atoms with E-state index in [9.17, 15) is 4.79 Å². The monoisotopic (exact) mass is 344 g/mol. The Labute approximate surface area is 142 Å². The number of aromatic nitrogens is 1. The fraction of sp³-hybridized carbons (Fsp3) is 0.0588. The predicted molar refractivity (Wildman–Crippen MR) is 93.6 cm³/mol. The maximum atomic E-state index is 11.6. The van der Waals surface area contributed by atoms with E-state index >= 15 is 0 Å². The number of nitrogens with zero attached hydrogens (tertiary/aromatic N) is 1. The third kappa shape index (κ3) is 3.70. The van der Waals surface area contributed by atoms with Crippen LogP contribution < -0.4 is 5.32 Å². The minimum absolute atomic E-state index is 0.368. The SMILES string of the molecule is COC(=O)c1cccc(Nc2nc(-c3cccc(Cl)c3)cs2)c1. The Morgan fingerprint density at radius 1 is 1.22 bits per heavy atom. The van der Waals surface area contributed by atoms with Crippen molar-refractivity contribution in [1.82, 2.24) is 4.98 Å². The van der Waals surface area contributed by atoms with Gasteiger partial charge >= 0.3 is 5.97 Å². The zero-order valence-electron chi connectivity index (χ0n) is 12.2. The summed E-state index contributed by atoms with van der Waals surface area (Å²) in [5.74, 6) is -0.368. The van der Waals surface area contributed by atoms with Gasteiger partial charge < -0.3 is 10.1 Å². The Balaban J connectivity index is 1.81. The number of nitrogens with one attached hydrogen (secondary N) is 1. The van der Waals surface area contributed by atoms with E-state index in [1.165, 1.54) is 18.4 Å². The van der Waals surface area contributed by atoms with Crippen LogP contribution in [-0.4, -0.2) is 18.1 Å². The molecule has 0 aliphatic rings. The van der Waals surface area contributed by atoms with E-state index in [4.69, 9.17) is 16.3 Å². The first-order chi connectivity index (χ1) is 11.2. The number of benzene rings is 2. The number of halogens is 1. The van der Waals surface area contributed by atoms with Crippen LogP contribution in [0, 0.1) is 0 Å². The number of hydrogen-bond acceptors (Lipinski definition) is 5. The molecule has 2 aromatic carbocycles. The fourth-order valence-electron chi connectivity index (χ4n) is 2.08. The number of rotatable bonds is 4. The van der Waals surface area contributed by atoms with E-state index in [0.29, 0.717) is 10.6 Å². The van der Waals surface area contributed by atoms with Gasteiger partial charge in [0.25, 0.3) is 0 Å². The maximum absolute atomic E-state index is 11.6. The van der Waals surface area contributed by atoms with Crippen LogP contribution in [0.25, 0.3) is 11.3 Å². The molecule has 1 heterocycles. The molecular formula is C17H13ClN2O2S. The summed E-state index contributed by atoms with van der Waals surface area (Å²) in [7, 11) is 1.36. The highest BCUT2D eigenvalue weighted by Crippen LogP contribution is 2.28. The molecule has 0 aliphatic carbocycles. The predicted octanol–water partition coefficient (Wildman–Crippen LogP) is 4.99. The average Bonchev–Trinajstić information content (AvgIpc) is 3.03. The van der Waals surface area contributed by atoms with E-state index in [2.05, 4.69) is 10.3 Å². The molecule has 0 atom stereocenters. The molecule has 0 aliphatic heterocycles. The maximum Gasteiger partial charge on any atom is 0.337 e. The van der Waals surface area contributed by atoms with E-state index in [1.54, 1.807) is 18.2 Å². The van der Waals surface area contributed by atoms with E-state index in [-0.39, 0.29) is 5.97 Å². The Kier molecular flexibility index (Phi) is 4.60. The van der Waals surface area contributed by atoms with Gasteiger partial charge in [0.1, 0.15) is 0 Å². The molecule has 0 bridgehead atoms. The summed E-state index contributed by atoms with van der Waals surface area (Å²) < 4.78 is 4.72. The van der Waals surface area contributed by atoms with Crippen molar-refractivity contribution in [1.29, 1.82) is 0 Å². The second-order valence-corrected chi connectivity index (χ2v) is 6.04. The molecule has 6 heteroatoms. The molecule has 116 valence electrons. The zero-order valence-corrected chi connectivity index (χ0v) is 13.8. The minimum Gasteiger partial charge on any atom is -0.465 e. The molecular weight excluding hydrogens is 332 g/mol. The summed E-state index contributed by atoms with van der Waals surface area (Å²) in [4.78, 5) is 16.1. The largest absolute Gasteiger partial charge is 0.465 e. The van der Waals surface area contributed by atoms with Crippen LogP contribution in [0.3, 0.4) is 0 Å². The molecule has 0 unspecified atom stereocenters. The molecule has 3 rings (SSSR count). The second-order valence-electron chi connectivity index (χ2n) is 4.75. The second kappa shape index (κ2) is 6.81. The standard InChI is InChI=1S/C17H13ClN2O2S/c1-22-16(21)12-5-3-7-14(9-12)19-17-20-15(10-23-17)11-4-2-6-13(18)8-11/h2-10H,1H3,(H,19,20). The van der Waals surface area contributed by atoms with Crippen LogP contribution in [-0.2, 0) is 4.74 Å². The van der Waals surface area contributed by atoms with Crippen molar-refractivity contribution in [3.05, 3.63) is 64.5 Å². The highest BCUT2D eigenvalue weighted by Gasteiger charge is 2.08. The molecule has 0 amide bonds. The first kappa shape index (κ1) is 15.5. The summed E-state index contributed by atoms with van der Waals surface area (Å²) >= 11 is 7.49. The van der Waals surface area contributed by atoms with Gasteiger partial charge in [-0.15, -0.1) is 11.3 Å². The number of carbonyl (C=O) groups is 1. The van der Waals surface area contributed by atoms with Gasteiger partial charge in [-0.3, -0.25) is 0 Å². The number of hydrogen-bond donors (Lipinski definition) is 1. The number of ether oxygens (including phenoxy) is 1. The Bertz CT molecular complexity index is 848. The summed E-state index contributed by atoms with van der Waals surface area (Å²) in [5.41, 5.74) is 3.08. The number of anilines is 2. The van der Waals surface area contributed by atoms with Crippen molar-refractivity contribution in [3.63, 3.8) is 0 Å². The molecule has 0 spiro atoms. The summed E-state index contributed by atoms with van der Waals surface area (Å²) in [6.07, 6.45) is 0. The average molecular weight is 345 g/mol. The summed E-state index contributed by atoms with van der Waals surface area (Å²) in [6, 6.07) is 14.6. The molecule has 1 aromatic heterocycles. The zero-order chi connectivity index (χ0) is 16.2. The number of carbonyl (C=O) groups excluding carboxylic acids is 1. The van der Waals surface area contributed by atoms with Crippen molar-refractivity contribution >= 4 is 39.7 Å². The molecule has 4 nitrogen and oxygen atoms in total. The fourth-order valence-corrected chi connectivity index (χ4v) is 3.01. The van der Waals surface area contributed by atoms with E-state index in [0.717, 1.165) is 22.1 Å². The van der Waals surface area contributed by atoms with Crippen molar-refractivity contribution < 1.29 is 9.53 Å². The normalized spacial score (nSPS) is 10.3. The summed E-state index contributed by atoms with van der Waals surface area (Å²) in [5, 5.41) is 6.57. The van der Waals surface area contributed by atoms with Crippen LogP contribution in [0.2, 0.25) is 5.02 Å². The van der Waals surface area contributed by atoms with Crippen LogP contribution in [0.1, 0.15) is 10.4 Å². The third-order valence-electron chi connectivity index (χ3n) is 3.16. The molecule has 0 saturated carbocycles.